The maximum atomic E-state index is 13.0. The first-order chi connectivity index (χ1) is 29.5. The van der Waals surface area contributed by atoms with Crippen LogP contribution in [0, 0.1) is 0 Å². The molecule has 62 heavy (non-hydrogen) atoms. The van der Waals surface area contributed by atoms with Gasteiger partial charge in [-0.2, -0.15) is 0 Å². The third-order valence-corrected chi connectivity index (χ3v) is 10.7. The minimum absolute atomic E-state index is 0.0136. The molecule has 0 aliphatic carbocycles. The maximum Gasteiger partial charge on any atom is 0.330 e. The molecule has 3 aromatic carbocycles. The van der Waals surface area contributed by atoms with Gasteiger partial charge in [0.1, 0.15) is 107 Å². The number of hydrogen-bond acceptors (Lipinski definition) is 20. The Bertz CT molecular complexity index is 2260. The molecule has 4 heterocycles. The van der Waals surface area contributed by atoms with Crippen molar-refractivity contribution in [1.82, 2.24) is 0 Å². The summed E-state index contributed by atoms with van der Waals surface area (Å²) in [6.07, 6.45) is -22.6. The van der Waals surface area contributed by atoms with Crippen LogP contribution in [-0.4, -0.2) is 156 Å². The highest BCUT2D eigenvalue weighted by Crippen LogP contribution is 2.36. The summed E-state index contributed by atoms with van der Waals surface area (Å²) in [5.41, 5.74) is 0.307. The van der Waals surface area contributed by atoms with Crippen LogP contribution in [0.3, 0.4) is 0 Å². The van der Waals surface area contributed by atoms with Crippen molar-refractivity contribution in [3.63, 3.8) is 0 Å². The number of phenols is 3. The molecule has 0 saturated carbocycles. The number of rotatable bonds is 11. The first-order valence-electron chi connectivity index (χ1n) is 19.4. The van der Waals surface area contributed by atoms with Crippen molar-refractivity contribution in [2.24, 2.45) is 0 Å². The molecule has 15 atom stereocenters. The molecule has 0 amide bonds. The number of carbonyl (C=O) groups excluding carboxylic acids is 1. The van der Waals surface area contributed by atoms with Crippen molar-refractivity contribution < 1.29 is 93.4 Å². The zero-order valence-electron chi connectivity index (χ0n) is 32.9. The average Bonchev–Trinajstić information content (AvgIpc) is 3.24. The zero-order valence-corrected chi connectivity index (χ0v) is 32.9. The highest BCUT2D eigenvalue weighted by molar-refractivity contribution is 5.87. The fourth-order valence-corrected chi connectivity index (χ4v) is 7.16. The van der Waals surface area contributed by atoms with Gasteiger partial charge in [-0.25, -0.2) is 4.79 Å². The van der Waals surface area contributed by atoms with Crippen molar-refractivity contribution in [3.8, 4) is 34.3 Å². The van der Waals surface area contributed by atoms with Crippen LogP contribution >= 0.6 is 0 Å². The van der Waals surface area contributed by atoms with E-state index >= 15 is 0 Å². The van der Waals surface area contributed by atoms with Gasteiger partial charge in [-0.3, -0.25) is 4.79 Å². The van der Waals surface area contributed by atoms with Gasteiger partial charge in [0, 0.05) is 29.8 Å². The van der Waals surface area contributed by atoms with E-state index in [1.54, 1.807) is 12.1 Å². The Hall–Kier alpha value is -5.20. The molecule has 3 aliphatic rings. The van der Waals surface area contributed by atoms with E-state index in [1.807, 2.05) is 0 Å². The van der Waals surface area contributed by atoms with Crippen LogP contribution in [0.1, 0.15) is 19.4 Å². The number of esters is 1. The summed E-state index contributed by atoms with van der Waals surface area (Å²) in [6.45, 7) is 2.17. The normalized spacial score (nSPS) is 34.0. The Kier molecular flexibility index (Phi) is 13.5. The van der Waals surface area contributed by atoms with Crippen LogP contribution in [0.5, 0.6) is 23.0 Å². The summed E-state index contributed by atoms with van der Waals surface area (Å²) < 4.78 is 46.1. The van der Waals surface area contributed by atoms with Gasteiger partial charge in [-0.1, -0.05) is 12.1 Å². The average molecular weight is 871 g/mol. The third kappa shape index (κ3) is 9.56. The van der Waals surface area contributed by atoms with E-state index in [-0.39, 0.29) is 34.0 Å². The lowest BCUT2D eigenvalue weighted by atomic mass is 9.96. The van der Waals surface area contributed by atoms with Gasteiger partial charge >= 0.3 is 5.97 Å². The van der Waals surface area contributed by atoms with Crippen molar-refractivity contribution in [2.45, 2.75) is 106 Å². The number of benzene rings is 3. The molecule has 20 heteroatoms. The molecule has 3 saturated heterocycles. The first kappa shape index (κ1) is 44.8. The van der Waals surface area contributed by atoms with Crippen molar-refractivity contribution in [3.05, 3.63) is 88.6 Å². The van der Waals surface area contributed by atoms with Crippen LogP contribution in [0.2, 0.25) is 0 Å². The molecule has 4 aromatic rings. The molecule has 20 nitrogen and oxygen atoms in total. The molecule has 0 radical (unpaired) electrons. The molecule has 1 aromatic heterocycles. The predicted octanol–water partition coefficient (Wildman–Crippen LogP) is -0.277. The van der Waals surface area contributed by atoms with E-state index in [4.69, 9.17) is 37.6 Å². The predicted molar refractivity (Wildman–Crippen MR) is 209 cm³/mol. The molecule has 7 rings (SSSR count). The largest absolute Gasteiger partial charge is 0.508 e. The van der Waals surface area contributed by atoms with E-state index in [9.17, 15) is 60.7 Å². The smallest absolute Gasteiger partial charge is 0.330 e. The van der Waals surface area contributed by atoms with Gasteiger partial charge in [0.15, 0.2) is 18.0 Å². The molecule has 334 valence electrons. The number of fused-ring (bicyclic) bond motifs is 1. The standard InChI is InChI=1S/C42H46O20/c1-17-31(48)35(52)39(62-40-36(53)34(51)33(50)28(60-40)16-55-29(47)12-5-19-3-8-21(43)9-4-19)42(57-17)61-38-32(49)18(2)56-41(37(38)54)58-23-13-24(45)30-25(46)15-26(59-27(30)14-23)20-6-10-22(44)11-7-20/h3-15,17-18,28,31-45,48-54H,16H2,1-2H3. The van der Waals surface area contributed by atoms with E-state index in [2.05, 4.69) is 0 Å². The highest BCUT2D eigenvalue weighted by atomic mass is 16.8. The maximum absolute atomic E-state index is 13.0. The molecular weight excluding hydrogens is 824 g/mol. The second kappa shape index (κ2) is 18.6. The Balaban J connectivity index is 1.06. The van der Waals surface area contributed by atoms with Gasteiger partial charge < -0.3 is 88.6 Å². The van der Waals surface area contributed by atoms with Crippen molar-refractivity contribution >= 4 is 23.0 Å². The molecule has 15 unspecified atom stereocenters. The highest BCUT2D eigenvalue weighted by Gasteiger charge is 2.53. The van der Waals surface area contributed by atoms with Gasteiger partial charge in [0.25, 0.3) is 0 Å². The second-order valence-corrected chi connectivity index (χ2v) is 15.1. The minimum Gasteiger partial charge on any atom is -0.508 e. The Morgan fingerprint density at radius 1 is 0.661 bits per heavy atom. The minimum atomic E-state index is -1.98. The molecule has 0 spiro atoms. The van der Waals surface area contributed by atoms with Gasteiger partial charge in [0.05, 0.1) is 12.2 Å². The summed E-state index contributed by atoms with van der Waals surface area (Å²) in [5, 5.41) is 107. The van der Waals surface area contributed by atoms with Crippen molar-refractivity contribution in [1.29, 1.82) is 0 Å². The van der Waals surface area contributed by atoms with Crippen LogP contribution in [0.4, 0.5) is 0 Å². The molecule has 3 aliphatic heterocycles. The van der Waals surface area contributed by atoms with E-state index in [1.165, 1.54) is 68.5 Å². The second-order valence-electron chi connectivity index (χ2n) is 15.1. The molecule has 0 bridgehead atoms. The molecule has 3 fully saturated rings. The summed E-state index contributed by atoms with van der Waals surface area (Å²) in [6, 6.07) is 15.2. The summed E-state index contributed by atoms with van der Waals surface area (Å²) in [4.78, 5) is 25.4. The summed E-state index contributed by atoms with van der Waals surface area (Å²) >= 11 is 0. The van der Waals surface area contributed by atoms with E-state index < -0.39 is 116 Å². The number of ether oxygens (including phenoxy) is 7. The van der Waals surface area contributed by atoms with Crippen molar-refractivity contribution in [2.75, 3.05) is 6.61 Å². The Morgan fingerprint density at radius 2 is 1.29 bits per heavy atom. The number of hydrogen-bond donors (Lipinski definition) is 10. The third-order valence-electron chi connectivity index (χ3n) is 10.7. The first-order valence-corrected chi connectivity index (χ1v) is 19.4. The topological polar surface area (TPSA) is 314 Å². The lowest BCUT2D eigenvalue weighted by Crippen LogP contribution is -2.66. The Labute approximate surface area is 351 Å². The van der Waals surface area contributed by atoms with Gasteiger partial charge in [-0.15, -0.1) is 0 Å². The van der Waals surface area contributed by atoms with E-state index in [0.29, 0.717) is 11.1 Å². The Morgan fingerprint density at radius 3 is 1.98 bits per heavy atom. The van der Waals surface area contributed by atoms with Gasteiger partial charge in [0.2, 0.25) is 6.29 Å². The zero-order chi connectivity index (χ0) is 44.6. The number of aromatic hydroxyl groups is 3. The monoisotopic (exact) mass is 870 g/mol. The lowest BCUT2D eigenvalue weighted by molar-refractivity contribution is -0.383. The van der Waals surface area contributed by atoms with Crippen LogP contribution in [0.15, 0.2) is 82.0 Å². The molecular formula is C42H46O20. The molecule has 10 N–H and O–H groups in total. The lowest BCUT2D eigenvalue weighted by Gasteiger charge is -2.48. The number of aliphatic hydroxyl groups excluding tert-OH is 7. The number of carbonyl (C=O) groups is 1. The SMILES string of the molecule is CC1OC(OC2C(O)C(C)OC(Oc3cc(O)c4c(=O)cc(-c5ccc(O)cc5)oc4c3)C2O)C(OC2OC(COC(=O)C=Cc3ccc(O)cc3)C(O)C(O)C2O)C(O)C1O. The summed E-state index contributed by atoms with van der Waals surface area (Å²) in [5.74, 6) is -1.43. The van der Waals surface area contributed by atoms with Crippen LogP contribution < -0.4 is 10.2 Å². The fraction of sp³-hybridized carbons (Fsp3) is 0.429. The van der Waals surface area contributed by atoms with E-state index in [0.717, 1.165) is 12.1 Å². The van der Waals surface area contributed by atoms with Crippen LogP contribution in [-0.2, 0) is 33.2 Å². The number of phenolic OH excluding ortho intramolecular Hbond substituents is 3. The summed E-state index contributed by atoms with van der Waals surface area (Å²) in [7, 11) is 0. The fourth-order valence-electron chi connectivity index (χ4n) is 7.16. The van der Waals surface area contributed by atoms with Gasteiger partial charge in [-0.05, 0) is 61.9 Å². The van der Waals surface area contributed by atoms with Crippen LogP contribution in [0.25, 0.3) is 28.4 Å². The quantitative estimate of drug-likeness (QED) is 0.0685. The number of aliphatic hydroxyl groups is 7.